The zero-order valence-corrected chi connectivity index (χ0v) is 12.1. The number of rotatable bonds is 4. The number of fused-ring (bicyclic) bond motifs is 1. The van der Waals surface area contributed by atoms with E-state index in [1.165, 1.54) is 0 Å². The molecule has 0 amide bonds. The van der Waals surface area contributed by atoms with Crippen LogP contribution in [0.15, 0.2) is 46.9 Å². The minimum absolute atomic E-state index is 0.191. The third kappa shape index (κ3) is 2.84. The van der Waals surface area contributed by atoms with Crippen molar-refractivity contribution in [2.24, 2.45) is 0 Å². The van der Waals surface area contributed by atoms with Crippen molar-refractivity contribution < 1.29 is 9.52 Å². The molecule has 1 unspecified atom stereocenters. The van der Waals surface area contributed by atoms with Gasteiger partial charge in [0.1, 0.15) is 11.3 Å². The Kier molecular flexibility index (Phi) is 3.52. The van der Waals surface area contributed by atoms with Crippen LogP contribution in [0.25, 0.3) is 11.1 Å². The highest BCUT2D eigenvalue weighted by Gasteiger charge is 2.10. The Balaban J connectivity index is 1.86. The second-order valence-electron chi connectivity index (χ2n) is 5.11. The first kappa shape index (κ1) is 13.5. The van der Waals surface area contributed by atoms with Crippen LogP contribution in [0.5, 0.6) is 5.75 Å². The predicted molar refractivity (Wildman–Crippen MR) is 83.5 cm³/mol. The molecule has 1 atom stereocenters. The Morgan fingerprint density at radius 3 is 2.67 bits per heavy atom. The summed E-state index contributed by atoms with van der Waals surface area (Å²) in [6.07, 6.45) is 0.945. The molecule has 0 aliphatic carbocycles. The summed E-state index contributed by atoms with van der Waals surface area (Å²) >= 11 is 0. The van der Waals surface area contributed by atoms with E-state index >= 15 is 0 Å². The molecule has 1 aromatic heterocycles. The zero-order valence-electron chi connectivity index (χ0n) is 12.1. The van der Waals surface area contributed by atoms with Gasteiger partial charge in [0.15, 0.2) is 11.5 Å². The minimum atomic E-state index is 0.191. The number of aromatic hydroxyl groups is 1. The maximum atomic E-state index is 9.38. The van der Waals surface area contributed by atoms with Crippen molar-refractivity contribution in [3.05, 3.63) is 53.9 Å². The van der Waals surface area contributed by atoms with E-state index in [1.54, 1.807) is 12.1 Å². The highest BCUT2D eigenvalue weighted by atomic mass is 16.3. The summed E-state index contributed by atoms with van der Waals surface area (Å²) in [5, 5.41) is 12.9. The highest BCUT2D eigenvalue weighted by Crippen LogP contribution is 2.26. The van der Waals surface area contributed by atoms with Crippen molar-refractivity contribution in [3.63, 3.8) is 0 Å². The molecule has 108 valence electrons. The van der Waals surface area contributed by atoms with Crippen LogP contribution in [-0.4, -0.2) is 10.1 Å². The molecule has 0 spiro atoms. The second kappa shape index (κ2) is 5.48. The van der Waals surface area contributed by atoms with Crippen LogP contribution in [0.2, 0.25) is 0 Å². The van der Waals surface area contributed by atoms with E-state index in [0.717, 1.165) is 28.8 Å². The molecule has 4 nitrogen and oxygen atoms in total. The fourth-order valence-corrected chi connectivity index (χ4v) is 2.46. The average molecular weight is 282 g/mol. The lowest BCUT2D eigenvalue weighted by molar-refractivity contribution is 0.475. The van der Waals surface area contributed by atoms with Crippen LogP contribution < -0.4 is 5.32 Å². The quantitative estimate of drug-likeness (QED) is 0.744. The van der Waals surface area contributed by atoms with Gasteiger partial charge in [0.25, 0.3) is 0 Å². The Morgan fingerprint density at radius 1 is 1.19 bits per heavy atom. The smallest absolute Gasteiger partial charge is 0.192 e. The average Bonchev–Trinajstić information content (AvgIpc) is 2.85. The number of aromatic nitrogens is 1. The first-order valence-electron chi connectivity index (χ1n) is 7.08. The van der Waals surface area contributed by atoms with Crippen LogP contribution in [0.4, 0.5) is 5.69 Å². The van der Waals surface area contributed by atoms with Gasteiger partial charge in [-0.05, 0) is 42.3 Å². The number of nitrogens with one attached hydrogen (secondary N) is 1. The standard InChI is InChI=1S/C17H18N2O2/c1-3-15(12-4-7-14(20)8-5-12)19-13-6-9-17-16(10-13)18-11(2)21-17/h4-10,15,19-20H,3H2,1-2H3. The van der Waals surface area contributed by atoms with Crippen molar-refractivity contribution in [1.82, 2.24) is 4.98 Å². The molecule has 0 aliphatic rings. The Labute approximate surface area is 123 Å². The fraction of sp³-hybridized carbons (Fsp3) is 0.235. The first-order chi connectivity index (χ1) is 10.2. The number of aryl methyl sites for hydroxylation is 1. The normalized spacial score (nSPS) is 12.5. The van der Waals surface area contributed by atoms with Gasteiger partial charge in [0, 0.05) is 12.6 Å². The lowest BCUT2D eigenvalue weighted by atomic mass is 10.0. The van der Waals surface area contributed by atoms with E-state index in [0.29, 0.717) is 5.89 Å². The molecule has 0 fully saturated rings. The summed E-state index contributed by atoms with van der Waals surface area (Å²) in [6, 6.07) is 13.4. The maximum absolute atomic E-state index is 9.38. The molecule has 0 bridgehead atoms. The summed E-state index contributed by atoms with van der Waals surface area (Å²) < 4.78 is 5.49. The summed E-state index contributed by atoms with van der Waals surface area (Å²) in [7, 11) is 0. The van der Waals surface area contributed by atoms with Gasteiger partial charge in [-0.3, -0.25) is 0 Å². The molecule has 0 saturated heterocycles. The van der Waals surface area contributed by atoms with E-state index < -0.39 is 0 Å². The lowest BCUT2D eigenvalue weighted by Crippen LogP contribution is -2.09. The topological polar surface area (TPSA) is 58.3 Å². The van der Waals surface area contributed by atoms with E-state index in [1.807, 2.05) is 37.3 Å². The van der Waals surface area contributed by atoms with Crippen LogP contribution in [0.1, 0.15) is 30.8 Å². The zero-order chi connectivity index (χ0) is 14.8. The molecule has 2 N–H and O–H groups in total. The summed E-state index contributed by atoms with van der Waals surface area (Å²) in [5.74, 6) is 0.959. The molecule has 0 radical (unpaired) electrons. The number of anilines is 1. The van der Waals surface area contributed by atoms with Gasteiger partial charge >= 0.3 is 0 Å². The van der Waals surface area contributed by atoms with E-state index in [9.17, 15) is 5.11 Å². The van der Waals surface area contributed by atoms with Crippen LogP contribution in [0.3, 0.4) is 0 Å². The number of phenolic OH excluding ortho intramolecular Hbond substituents is 1. The highest BCUT2D eigenvalue weighted by molar-refractivity contribution is 5.77. The van der Waals surface area contributed by atoms with Crippen molar-refractivity contribution in [2.75, 3.05) is 5.32 Å². The van der Waals surface area contributed by atoms with Crippen LogP contribution in [-0.2, 0) is 0 Å². The molecule has 2 aromatic carbocycles. The van der Waals surface area contributed by atoms with Crippen LogP contribution >= 0.6 is 0 Å². The van der Waals surface area contributed by atoms with Gasteiger partial charge in [-0.15, -0.1) is 0 Å². The number of benzene rings is 2. The maximum Gasteiger partial charge on any atom is 0.192 e. The van der Waals surface area contributed by atoms with E-state index in [2.05, 4.69) is 17.2 Å². The number of nitrogens with zero attached hydrogens (tertiary/aromatic N) is 1. The number of phenols is 1. The Hall–Kier alpha value is -2.49. The summed E-state index contributed by atoms with van der Waals surface area (Å²) in [4.78, 5) is 4.35. The lowest BCUT2D eigenvalue weighted by Gasteiger charge is -2.18. The van der Waals surface area contributed by atoms with Gasteiger partial charge < -0.3 is 14.8 Å². The van der Waals surface area contributed by atoms with Gasteiger partial charge in [-0.2, -0.15) is 0 Å². The minimum Gasteiger partial charge on any atom is -0.508 e. The fourth-order valence-electron chi connectivity index (χ4n) is 2.46. The third-order valence-corrected chi connectivity index (χ3v) is 3.54. The SMILES string of the molecule is CCC(Nc1ccc2oc(C)nc2c1)c1ccc(O)cc1. The molecule has 3 aromatic rings. The van der Waals surface area contributed by atoms with Crippen molar-refractivity contribution in [3.8, 4) is 5.75 Å². The van der Waals surface area contributed by atoms with Crippen molar-refractivity contribution in [2.45, 2.75) is 26.3 Å². The number of hydrogen-bond donors (Lipinski definition) is 2. The second-order valence-corrected chi connectivity index (χ2v) is 5.11. The first-order valence-corrected chi connectivity index (χ1v) is 7.08. The molecule has 3 rings (SSSR count). The van der Waals surface area contributed by atoms with Crippen molar-refractivity contribution in [1.29, 1.82) is 0 Å². The molecular formula is C17H18N2O2. The number of oxazole rings is 1. The van der Waals surface area contributed by atoms with Gasteiger partial charge in [0.05, 0.1) is 6.04 Å². The van der Waals surface area contributed by atoms with E-state index in [-0.39, 0.29) is 11.8 Å². The molecule has 21 heavy (non-hydrogen) atoms. The molecule has 1 heterocycles. The Morgan fingerprint density at radius 2 is 1.95 bits per heavy atom. The predicted octanol–water partition coefficient (Wildman–Crippen LogP) is 4.41. The Bertz CT molecular complexity index is 747. The van der Waals surface area contributed by atoms with Gasteiger partial charge in [-0.25, -0.2) is 4.98 Å². The third-order valence-electron chi connectivity index (χ3n) is 3.54. The van der Waals surface area contributed by atoms with Gasteiger partial charge in [0.2, 0.25) is 0 Å². The van der Waals surface area contributed by atoms with E-state index in [4.69, 9.17) is 4.42 Å². The molecule has 0 aliphatic heterocycles. The summed E-state index contributed by atoms with van der Waals surface area (Å²) in [5.41, 5.74) is 3.82. The number of hydrogen-bond acceptors (Lipinski definition) is 4. The molecule has 4 heteroatoms. The molecular weight excluding hydrogens is 264 g/mol. The monoisotopic (exact) mass is 282 g/mol. The van der Waals surface area contributed by atoms with Crippen molar-refractivity contribution >= 4 is 16.8 Å². The van der Waals surface area contributed by atoms with Crippen LogP contribution in [0, 0.1) is 6.92 Å². The largest absolute Gasteiger partial charge is 0.508 e. The van der Waals surface area contributed by atoms with Gasteiger partial charge in [-0.1, -0.05) is 19.1 Å². The summed E-state index contributed by atoms with van der Waals surface area (Å²) in [6.45, 7) is 3.97. The molecule has 0 saturated carbocycles.